The van der Waals surface area contributed by atoms with E-state index in [-0.39, 0.29) is 25.0 Å². The largest absolute Gasteiger partial charge is 0.342 e. The van der Waals surface area contributed by atoms with Gasteiger partial charge in [0.1, 0.15) is 6.54 Å². The van der Waals surface area contributed by atoms with Crippen molar-refractivity contribution in [2.24, 2.45) is 0 Å². The van der Waals surface area contributed by atoms with Crippen molar-refractivity contribution in [1.29, 1.82) is 5.26 Å². The van der Waals surface area contributed by atoms with Crippen molar-refractivity contribution in [3.8, 4) is 6.07 Å². The second-order valence-electron chi connectivity index (χ2n) is 3.67. The average Bonchev–Trinajstić information content (AvgIpc) is 2.85. The summed E-state index contributed by atoms with van der Waals surface area (Å²) in [6.07, 6.45) is 2.07. The molecule has 0 radical (unpaired) electrons. The molecule has 0 bridgehead atoms. The maximum Gasteiger partial charge on any atom is 0.234 e. The molecule has 5 heteroatoms. The number of carbonyl (C=O) groups excluding carboxylic acids is 1. The summed E-state index contributed by atoms with van der Waals surface area (Å²) in [5.74, 6) is -0.135. The predicted molar refractivity (Wildman–Crippen MR) is 68.6 cm³/mol. The van der Waals surface area contributed by atoms with Crippen LogP contribution in [-0.4, -0.2) is 19.0 Å². The van der Waals surface area contributed by atoms with Crippen LogP contribution in [0.3, 0.4) is 0 Å². The maximum atomic E-state index is 11.4. The lowest BCUT2D eigenvalue weighted by atomic mass is 10.1. The zero-order valence-corrected chi connectivity index (χ0v) is 10.7. The van der Waals surface area contributed by atoms with Gasteiger partial charge in [0.05, 0.1) is 12.6 Å². The Bertz CT molecular complexity index is 370. The lowest BCUT2D eigenvalue weighted by Gasteiger charge is -2.16. The first-order valence-electron chi connectivity index (χ1n) is 5.68. The van der Waals surface area contributed by atoms with Crippen molar-refractivity contribution in [1.82, 2.24) is 10.6 Å². The number of nitriles is 1. The first-order valence-corrected chi connectivity index (χ1v) is 6.56. The summed E-state index contributed by atoms with van der Waals surface area (Å²) < 4.78 is 0. The highest BCUT2D eigenvalue weighted by Crippen LogP contribution is 2.22. The number of nitrogens with one attached hydrogen (secondary N) is 2. The normalized spacial score (nSPS) is 11.8. The molecule has 0 saturated carbocycles. The van der Waals surface area contributed by atoms with E-state index in [0.29, 0.717) is 0 Å². The Balaban J connectivity index is 2.40. The average molecular weight is 251 g/mol. The Hall–Kier alpha value is -1.38. The zero-order chi connectivity index (χ0) is 12.5. The minimum absolute atomic E-state index is 0.0674. The molecule has 1 amide bonds. The molecule has 92 valence electrons. The fourth-order valence-electron chi connectivity index (χ4n) is 1.54. The van der Waals surface area contributed by atoms with E-state index in [0.717, 1.165) is 12.8 Å². The van der Waals surface area contributed by atoms with E-state index in [1.54, 1.807) is 11.3 Å². The molecule has 2 N–H and O–H groups in total. The van der Waals surface area contributed by atoms with Crippen molar-refractivity contribution in [2.45, 2.75) is 25.8 Å². The predicted octanol–water partition coefficient (Wildman–Crippen LogP) is 1.82. The highest BCUT2D eigenvalue weighted by Gasteiger charge is 2.12. The number of hydrogen-bond acceptors (Lipinski definition) is 4. The van der Waals surface area contributed by atoms with Crippen LogP contribution in [0.2, 0.25) is 0 Å². The van der Waals surface area contributed by atoms with Crippen molar-refractivity contribution < 1.29 is 4.79 Å². The summed E-state index contributed by atoms with van der Waals surface area (Å²) in [7, 11) is 0. The number of amides is 1. The van der Waals surface area contributed by atoms with Gasteiger partial charge < -0.3 is 10.6 Å². The monoisotopic (exact) mass is 251 g/mol. The van der Waals surface area contributed by atoms with Crippen molar-refractivity contribution in [3.63, 3.8) is 0 Å². The molecule has 0 aliphatic rings. The molecule has 0 spiro atoms. The van der Waals surface area contributed by atoms with E-state index in [9.17, 15) is 4.79 Å². The lowest BCUT2D eigenvalue weighted by molar-refractivity contribution is -0.120. The van der Waals surface area contributed by atoms with Crippen LogP contribution in [-0.2, 0) is 4.79 Å². The summed E-state index contributed by atoms with van der Waals surface area (Å²) in [5, 5.41) is 16.1. The van der Waals surface area contributed by atoms with E-state index in [1.807, 2.05) is 17.5 Å². The molecule has 0 aliphatic heterocycles. The third kappa shape index (κ3) is 4.98. The first-order chi connectivity index (χ1) is 8.27. The van der Waals surface area contributed by atoms with Gasteiger partial charge in [-0.1, -0.05) is 19.4 Å². The highest BCUT2D eigenvalue weighted by atomic mass is 32.1. The van der Waals surface area contributed by atoms with Crippen LogP contribution in [0.1, 0.15) is 30.7 Å². The van der Waals surface area contributed by atoms with Gasteiger partial charge in [-0.15, -0.1) is 11.3 Å². The van der Waals surface area contributed by atoms with E-state index in [4.69, 9.17) is 5.26 Å². The van der Waals surface area contributed by atoms with Crippen LogP contribution >= 0.6 is 11.3 Å². The SMILES string of the molecule is CCCC(NCC(=O)NCC#N)c1cccs1. The van der Waals surface area contributed by atoms with Gasteiger partial charge >= 0.3 is 0 Å². The molecule has 1 unspecified atom stereocenters. The minimum atomic E-state index is -0.135. The topological polar surface area (TPSA) is 64.9 Å². The first kappa shape index (κ1) is 13.7. The van der Waals surface area contributed by atoms with Crippen molar-refractivity contribution >= 4 is 17.2 Å². The number of thiophene rings is 1. The molecule has 1 aromatic heterocycles. The molecule has 0 saturated heterocycles. The summed E-state index contributed by atoms with van der Waals surface area (Å²) >= 11 is 1.69. The fraction of sp³-hybridized carbons (Fsp3) is 0.500. The van der Waals surface area contributed by atoms with E-state index >= 15 is 0 Å². The van der Waals surface area contributed by atoms with Gasteiger partial charge in [-0.25, -0.2) is 0 Å². The van der Waals surface area contributed by atoms with E-state index in [1.165, 1.54) is 4.88 Å². The number of hydrogen-bond donors (Lipinski definition) is 2. The minimum Gasteiger partial charge on any atom is -0.342 e. The summed E-state index contributed by atoms with van der Waals surface area (Å²) in [4.78, 5) is 12.6. The number of rotatable bonds is 7. The molecule has 1 rings (SSSR count). The smallest absolute Gasteiger partial charge is 0.234 e. The third-order valence-corrected chi connectivity index (χ3v) is 3.32. The highest BCUT2D eigenvalue weighted by molar-refractivity contribution is 7.10. The van der Waals surface area contributed by atoms with Crippen LogP contribution < -0.4 is 10.6 Å². The van der Waals surface area contributed by atoms with Crippen LogP contribution in [0.5, 0.6) is 0 Å². The van der Waals surface area contributed by atoms with Gasteiger partial charge in [0.25, 0.3) is 0 Å². The second kappa shape index (κ2) is 7.82. The van der Waals surface area contributed by atoms with Gasteiger partial charge in [-0.3, -0.25) is 4.79 Å². The van der Waals surface area contributed by atoms with Crippen LogP contribution in [0, 0.1) is 11.3 Å². The Labute approximate surface area is 106 Å². The molecule has 1 atom stereocenters. The van der Waals surface area contributed by atoms with Crippen molar-refractivity contribution in [3.05, 3.63) is 22.4 Å². The Morgan fingerprint density at radius 1 is 1.65 bits per heavy atom. The van der Waals surface area contributed by atoms with Gasteiger partial charge in [0.15, 0.2) is 0 Å². The zero-order valence-electron chi connectivity index (χ0n) is 9.90. The summed E-state index contributed by atoms with van der Waals surface area (Å²) in [5.41, 5.74) is 0. The Morgan fingerprint density at radius 2 is 2.47 bits per heavy atom. The molecular weight excluding hydrogens is 234 g/mol. The van der Waals surface area contributed by atoms with Crippen LogP contribution in [0.25, 0.3) is 0 Å². The summed E-state index contributed by atoms with van der Waals surface area (Å²) in [6, 6.07) is 6.20. The number of carbonyl (C=O) groups is 1. The van der Waals surface area contributed by atoms with Crippen LogP contribution in [0.15, 0.2) is 17.5 Å². The lowest BCUT2D eigenvalue weighted by Crippen LogP contribution is -2.35. The molecule has 4 nitrogen and oxygen atoms in total. The van der Waals surface area contributed by atoms with Crippen molar-refractivity contribution in [2.75, 3.05) is 13.1 Å². The number of nitrogens with zero attached hydrogens (tertiary/aromatic N) is 1. The van der Waals surface area contributed by atoms with Gasteiger partial charge in [0, 0.05) is 10.9 Å². The van der Waals surface area contributed by atoms with Gasteiger partial charge in [-0.05, 0) is 17.9 Å². The molecule has 1 heterocycles. The summed E-state index contributed by atoms with van der Waals surface area (Å²) in [6.45, 7) is 2.44. The van der Waals surface area contributed by atoms with Crippen LogP contribution in [0.4, 0.5) is 0 Å². The third-order valence-electron chi connectivity index (χ3n) is 2.34. The Kier molecular flexibility index (Phi) is 6.30. The molecule has 0 aromatic carbocycles. The van der Waals surface area contributed by atoms with E-state index in [2.05, 4.69) is 23.6 Å². The molecular formula is C12H17N3OS. The van der Waals surface area contributed by atoms with E-state index < -0.39 is 0 Å². The second-order valence-corrected chi connectivity index (χ2v) is 4.65. The standard InChI is InChI=1S/C12H17N3OS/c1-2-4-10(11-5-3-8-17-11)15-9-12(16)14-7-6-13/h3,5,8,10,15H,2,4,7,9H2,1H3,(H,14,16). The van der Waals surface area contributed by atoms with Gasteiger partial charge in [-0.2, -0.15) is 5.26 Å². The molecule has 0 aliphatic carbocycles. The Morgan fingerprint density at radius 3 is 3.06 bits per heavy atom. The van der Waals surface area contributed by atoms with Gasteiger partial charge in [0.2, 0.25) is 5.91 Å². The molecule has 0 fully saturated rings. The maximum absolute atomic E-state index is 11.4. The molecule has 17 heavy (non-hydrogen) atoms. The molecule has 1 aromatic rings. The quantitative estimate of drug-likeness (QED) is 0.726. The fourth-order valence-corrected chi connectivity index (χ4v) is 2.38.